The number of Topliss-reactive ketones (excluding diaryl/α,β-unsaturated/α-hetero) is 1. The number of carbonyl (C=O) groups excluding carboxylic acids is 1. The van der Waals surface area contributed by atoms with Crippen molar-refractivity contribution >= 4 is 5.78 Å². The van der Waals surface area contributed by atoms with E-state index in [1.807, 2.05) is 48.5 Å². The lowest BCUT2D eigenvalue weighted by Crippen LogP contribution is -2.39. The van der Waals surface area contributed by atoms with Crippen molar-refractivity contribution in [3.8, 4) is 0 Å². The van der Waals surface area contributed by atoms with Crippen molar-refractivity contribution in [1.29, 1.82) is 0 Å². The first-order chi connectivity index (χ1) is 16.2. The summed E-state index contributed by atoms with van der Waals surface area (Å²) in [4.78, 5) is 12.7. The van der Waals surface area contributed by atoms with Gasteiger partial charge in [0.15, 0.2) is 0 Å². The molecule has 3 nitrogen and oxygen atoms in total. The van der Waals surface area contributed by atoms with Gasteiger partial charge in [-0.1, -0.05) is 121 Å². The molecule has 0 aliphatic rings. The fourth-order valence-corrected chi connectivity index (χ4v) is 3.65. The van der Waals surface area contributed by atoms with Gasteiger partial charge in [-0.05, 0) is 24.0 Å². The molecule has 0 N–H and O–H groups in total. The molecule has 0 fully saturated rings. The first-order valence-electron chi connectivity index (χ1n) is 11.0. The Bertz CT molecular complexity index is 1030. The molecule has 0 radical (unpaired) electrons. The van der Waals surface area contributed by atoms with Crippen LogP contribution >= 0.6 is 0 Å². The zero-order valence-electron chi connectivity index (χ0n) is 19.2. The normalized spacial score (nSPS) is 10.7. The quantitative estimate of drug-likeness (QED) is 0.233. The van der Waals surface area contributed by atoms with Gasteiger partial charge < -0.3 is 9.47 Å². The van der Waals surface area contributed by atoms with Crippen LogP contribution in [-0.4, -0.2) is 20.0 Å². The van der Waals surface area contributed by atoms with E-state index in [2.05, 4.69) is 60.7 Å². The summed E-state index contributed by atoms with van der Waals surface area (Å²) in [6, 6.07) is 39.4. The standard InChI is InChI=1S/C16H16O3.C14H14/c1-18-16(19-2,14-11-7-4-8-12-14)15(17)13-9-5-3-6-10-13;1-3-7-13(8-4-1)11-12-14-9-5-2-6-10-14/h3-12H,1-2H3;1-10H,11-12H2. The second-order valence-electron chi connectivity index (χ2n) is 7.56. The molecule has 4 aromatic carbocycles. The smallest absolute Gasteiger partial charge is 0.260 e. The van der Waals surface area contributed by atoms with Crippen molar-refractivity contribution in [3.05, 3.63) is 144 Å². The summed E-state index contributed by atoms with van der Waals surface area (Å²) in [6.07, 6.45) is 2.26. The highest BCUT2D eigenvalue weighted by Gasteiger charge is 2.41. The molecule has 168 valence electrons. The van der Waals surface area contributed by atoms with Gasteiger partial charge in [-0.15, -0.1) is 0 Å². The third-order valence-corrected chi connectivity index (χ3v) is 5.45. The van der Waals surface area contributed by atoms with Gasteiger partial charge in [0.1, 0.15) is 0 Å². The van der Waals surface area contributed by atoms with E-state index in [-0.39, 0.29) is 5.78 Å². The highest BCUT2D eigenvalue weighted by molar-refractivity contribution is 6.02. The maximum Gasteiger partial charge on any atom is 0.260 e. The highest BCUT2D eigenvalue weighted by Crippen LogP contribution is 2.30. The number of hydrogen-bond donors (Lipinski definition) is 0. The molecule has 0 atom stereocenters. The molecular weight excluding hydrogens is 408 g/mol. The number of ketones is 1. The van der Waals surface area contributed by atoms with Crippen molar-refractivity contribution in [2.75, 3.05) is 14.2 Å². The number of hydrogen-bond acceptors (Lipinski definition) is 3. The summed E-state index contributed by atoms with van der Waals surface area (Å²) in [5.74, 6) is -1.62. The van der Waals surface area contributed by atoms with Crippen LogP contribution in [0.25, 0.3) is 0 Å². The largest absolute Gasteiger partial charge is 0.343 e. The predicted molar refractivity (Wildman–Crippen MR) is 133 cm³/mol. The van der Waals surface area contributed by atoms with E-state index >= 15 is 0 Å². The van der Waals surface area contributed by atoms with Gasteiger partial charge in [0.2, 0.25) is 5.78 Å². The SMILES string of the molecule is COC(OC)(C(=O)c1ccccc1)c1ccccc1.c1ccc(CCc2ccccc2)cc1. The zero-order valence-corrected chi connectivity index (χ0v) is 19.2. The van der Waals surface area contributed by atoms with Gasteiger partial charge in [0.25, 0.3) is 5.79 Å². The fourth-order valence-electron chi connectivity index (χ4n) is 3.65. The maximum absolute atomic E-state index is 12.7. The second-order valence-corrected chi connectivity index (χ2v) is 7.56. The molecule has 0 bridgehead atoms. The first kappa shape index (κ1) is 24.1. The van der Waals surface area contributed by atoms with Crippen LogP contribution in [0.3, 0.4) is 0 Å². The van der Waals surface area contributed by atoms with E-state index < -0.39 is 5.79 Å². The van der Waals surface area contributed by atoms with Gasteiger partial charge in [0, 0.05) is 25.3 Å². The predicted octanol–water partition coefficient (Wildman–Crippen LogP) is 6.49. The number of rotatable bonds is 8. The van der Waals surface area contributed by atoms with Crippen LogP contribution in [-0.2, 0) is 28.1 Å². The Morgan fingerprint density at radius 3 is 1.33 bits per heavy atom. The molecule has 0 saturated heterocycles. The molecular formula is C30H30O3. The Labute approximate surface area is 196 Å². The first-order valence-corrected chi connectivity index (χ1v) is 11.0. The number of ether oxygens (including phenoxy) is 2. The lowest BCUT2D eigenvalue weighted by Gasteiger charge is -2.29. The second kappa shape index (κ2) is 12.5. The number of aryl methyl sites for hydroxylation is 2. The molecule has 4 rings (SSSR count). The monoisotopic (exact) mass is 438 g/mol. The van der Waals surface area contributed by atoms with Crippen molar-refractivity contribution < 1.29 is 14.3 Å². The van der Waals surface area contributed by atoms with Gasteiger partial charge in [-0.25, -0.2) is 0 Å². The van der Waals surface area contributed by atoms with Gasteiger partial charge in [0.05, 0.1) is 0 Å². The van der Waals surface area contributed by atoms with Gasteiger partial charge in [-0.3, -0.25) is 4.79 Å². The minimum Gasteiger partial charge on any atom is -0.343 e. The van der Waals surface area contributed by atoms with Gasteiger partial charge >= 0.3 is 0 Å². The lowest BCUT2D eigenvalue weighted by molar-refractivity contribution is -0.176. The molecule has 0 unspecified atom stereocenters. The summed E-state index contributed by atoms with van der Waals surface area (Å²) in [7, 11) is 2.94. The summed E-state index contributed by atoms with van der Waals surface area (Å²) in [5, 5.41) is 0. The van der Waals surface area contributed by atoms with E-state index in [1.54, 1.807) is 12.1 Å². The van der Waals surface area contributed by atoms with E-state index in [0.29, 0.717) is 11.1 Å². The molecule has 3 heteroatoms. The van der Waals surface area contributed by atoms with Gasteiger partial charge in [-0.2, -0.15) is 0 Å². The van der Waals surface area contributed by atoms with Crippen LogP contribution < -0.4 is 0 Å². The summed E-state index contributed by atoms with van der Waals surface area (Å²) >= 11 is 0. The fraction of sp³-hybridized carbons (Fsp3) is 0.167. The Balaban J connectivity index is 0.000000194. The number of methoxy groups -OCH3 is 2. The zero-order chi connectivity index (χ0) is 23.4. The van der Waals surface area contributed by atoms with Crippen LogP contribution in [0.4, 0.5) is 0 Å². The van der Waals surface area contributed by atoms with E-state index in [4.69, 9.17) is 9.47 Å². The number of carbonyl (C=O) groups is 1. The third kappa shape index (κ3) is 6.48. The highest BCUT2D eigenvalue weighted by atomic mass is 16.7. The van der Waals surface area contributed by atoms with Crippen molar-refractivity contribution in [3.63, 3.8) is 0 Å². The molecule has 0 heterocycles. The summed E-state index contributed by atoms with van der Waals surface area (Å²) in [5.41, 5.74) is 4.05. The minimum atomic E-state index is -1.40. The molecule has 0 aromatic heterocycles. The van der Waals surface area contributed by atoms with Crippen molar-refractivity contribution in [2.45, 2.75) is 18.6 Å². The topological polar surface area (TPSA) is 35.5 Å². The average molecular weight is 439 g/mol. The molecule has 4 aromatic rings. The summed E-state index contributed by atoms with van der Waals surface area (Å²) in [6.45, 7) is 0. The molecule has 0 spiro atoms. The van der Waals surface area contributed by atoms with Crippen LogP contribution in [0.15, 0.2) is 121 Å². The Morgan fingerprint density at radius 1 is 0.576 bits per heavy atom. The Kier molecular flexibility index (Phi) is 9.13. The molecule has 33 heavy (non-hydrogen) atoms. The molecule has 0 amide bonds. The van der Waals surface area contributed by atoms with Crippen molar-refractivity contribution in [2.24, 2.45) is 0 Å². The Morgan fingerprint density at radius 2 is 0.939 bits per heavy atom. The summed E-state index contributed by atoms with van der Waals surface area (Å²) < 4.78 is 10.8. The van der Waals surface area contributed by atoms with Crippen molar-refractivity contribution in [1.82, 2.24) is 0 Å². The van der Waals surface area contributed by atoms with E-state index in [9.17, 15) is 4.79 Å². The minimum absolute atomic E-state index is 0.218. The van der Waals surface area contributed by atoms with E-state index in [0.717, 1.165) is 12.8 Å². The van der Waals surface area contributed by atoms with Crippen LogP contribution in [0.1, 0.15) is 27.0 Å². The van der Waals surface area contributed by atoms with Crippen LogP contribution in [0.2, 0.25) is 0 Å². The Hall–Kier alpha value is -3.53. The molecule has 0 aliphatic heterocycles. The molecule has 0 aliphatic carbocycles. The van der Waals surface area contributed by atoms with Crippen LogP contribution in [0.5, 0.6) is 0 Å². The maximum atomic E-state index is 12.7. The van der Waals surface area contributed by atoms with Crippen LogP contribution in [0, 0.1) is 0 Å². The van der Waals surface area contributed by atoms with E-state index in [1.165, 1.54) is 25.3 Å². The number of benzene rings is 4. The molecule has 0 saturated carbocycles. The third-order valence-electron chi connectivity index (χ3n) is 5.45. The average Bonchev–Trinajstić information content (AvgIpc) is 2.91. The lowest BCUT2D eigenvalue weighted by atomic mass is 9.96.